The van der Waals surface area contributed by atoms with Gasteiger partial charge < -0.3 is 10.6 Å². The minimum atomic E-state index is 0. The third-order valence-corrected chi connectivity index (χ3v) is 3.69. The number of amides is 1. The van der Waals surface area contributed by atoms with Gasteiger partial charge in [-0.25, -0.2) is 0 Å². The second-order valence-electron chi connectivity index (χ2n) is 4.64. The first-order chi connectivity index (χ1) is 8.09. The predicted molar refractivity (Wildman–Crippen MR) is 76.4 cm³/mol. The molecule has 1 saturated heterocycles. The Hall–Kier alpha value is -0.770. The van der Waals surface area contributed by atoms with Crippen molar-refractivity contribution < 1.29 is 4.79 Å². The highest BCUT2D eigenvalue weighted by atomic mass is 35.5. The van der Waals surface area contributed by atoms with Crippen LogP contribution in [-0.2, 0) is 0 Å². The van der Waals surface area contributed by atoms with E-state index in [0.717, 1.165) is 19.5 Å². The standard InChI is InChI=1S/C13H17ClN2O.ClH/c1-9(15)10-6-7-16(8-10)13(17)11-4-2-3-5-12(11)14;/h2-5,9-10H,6-8,15H2,1H3;1H. The number of nitrogens with zero attached hydrogens (tertiary/aromatic N) is 1. The van der Waals surface area contributed by atoms with Crippen LogP contribution in [0.15, 0.2) is 24.3 Å². The van der Waals surface area contributed by atoms with Crippen molar-refractivity contribution in [2.24, 2.45) is 11.7 Å². The summed E-state index contributed by atoms with van der Waals surface area (Å²) in [6.07, 6.45) is 0.980. The van der Waals surface area contributed by atoms with Gasteiger partial charge in [-0.05, 0) is 31.4 Å². The quantitative estimate of drug-likeness (QED) is 0.909. The van der Waals surface area contributed by atoms with Gasteiger partial charge in [0.1, 0.15) is 0 Å². The van der Waals surface area contributed by atoms with Crippen LogP contribution in [0.1, 0.15) is 23.7 Å². The molecule has 0 spiro atoms. The fraction of sp³-hybridized carbons (Fsp3) is 0.462. The molecule has 1 aliphatic rings. The largest absolute Gasteiger partial charge is 0.338 e. The number of hydrogen-bond acceptors (Lipinski definition) is 2. The molecular formula is C13H18Cl2N2O. The maximum Gasteiger partial charge on any atom is 0.255 e. The number of carbonyl (C=O) groups excluding carboxylic acids is 1. The molecule has 0 aromatic heterocycles. The van der Waals surface area contributed by atoms with Crippen molar-refractivity contribution in [3.05, 3.63) is 34.9 Å². The van der Waals surface area contributed by atoms with Gasteiger partial charge >= 0.3 is 0 Å². The molecule has 0 radical (unpaired) electrons. The summed E-state index contributed by atoms with van der Waals surface area (Å²) >= 11 is 6.02. The Kier molecular flexibility index (Phi) is 5.45. The average molecular weight is 289 g/mol. The molecule has 1 heterocycles. The number of likely N-dealkylation sites (tertiary alicyclic amines) is 1. The van der Waals surface area contributed by atoms with Crippen LogP contribution < -0.4 is 5.73 Å². The van der Waals surface area contributed by atoms with E-state index in [2.05, 4.69) is 0 Å². The zero-order chi connectivity index (χ0) is 12.4. The van der Waals surface area contributed by atoms with Gasteiger partial charge in [0.2, 0.25) is 0 Å². The van der Waals surface area contributed by atoms with Crippen LogP contribution in [0, 0.1) is 5.92 Å². The van der Waals surface area contributed by atoms with Gasteiger partial charge in [0, 0.05) is 19.1 Å². The van der Waals surface area contributed by atoms with Crippen LogP contribution in [0.25, 0.3) is 0 Å². The normalized spacial score (nSPS) is 20.4. The number of rotatable bonds is 2. The molecule has 1 aromatic carbocycles. The summed E-state index contributed by atoms with van der Waals surface area (Å²) in [6, 6.07) is 7.31. The van der Waals surface area contributed by atoms with E-state index in [9.17, 15) is 4.79 Å². The molecule has 2 atom stereocenters. The molecule has 0 saturated carbocycles. The molecule has 0 bridgehead atoms. The van der Waals surface area contributed by atoms with Gasteiger partial charge in [0.15, 0.2) is 0 Å². The molecule has 2 rings (SSSR count). The fourth-order valence-corrected chi connectivity index (χ4v) is 2.42. The zero-order valence-electron chi connectivity index (χ0n) is 10.3. The highest BCUT2D eigenvalue weighted by Crippen LogP contribution is 2.23. The van der Waals surface area contributed by atoms with Gasteiger partial charge in [0.25, 0.3) is 5.91 Å². The molecule has 2 N–H and O–H groups in total. The third kappa shape index (κ3) is 3.16. The van der Waals surface area contributed by atoms with Crippen molar-refractivity contribution in [2.75, 3.05) is 13.1 Å². The van der Waals surface area contributed by atoms with E-state index in [1.54, 1.807) is 12.1 Å². The third-order valence-electron chi connectivity index (χ3n) is 3.36. The molecule has 18 heavy (non-hydrogen) atoms. The predicted octanol–water partition coefficient (Wildman–Crippen LogP) is 2.57. The van der Waals surface area contributed by atoms with E-state index in [-0.39, 0.29) is 24.4 Å². The summed E-state index contributed by atoms with van der Waals surface area (Å²) in [7, 11) is 0. The lowest BCUT2D eigenvalue weighted by molar-refractivity contribution is 0.0786. The summed E-state index contributed by atoms with van der Waals surface area (Å²) in [5, 5.41) is 0.516. The smallest absolute Gasteiger partial charge is 0.255 e. The zero-order valence-corrected chi connectivity index (χ0v) is 11.9. The SMILES string of the molecule is CC(N)C1CCN(C(=O)c2ccccc2Cl)C1.Cl. The number of carbonyl (C=O) groups is 1. The van der Waals surface area contributed by atoms with E-state index in [1.807, 2.05) is 24.0 Å². The highest BCUT2D eigenvalue weighted by Gasteiger charge is 2.29. The van der Waals surface area contributed by atoms with Crippen LogP contribution in [-0.4, -0.2) is 29.9 Å². The molecule has 1 amide bonds. The molecule has 2 unspecified atom stereocenters. The summed E-state index contributed by atoms with van der Waals surface area (Å²) in [5.41, 5.74) is 6.45. The Balaban J connectivity index is 0.00000162. The van der Waals surface area contributed by atoms with Crippen LogP contribution in [0.2, 0.25) is 5.02 Å². The van der Waals surface area contributed by atoms with Crippen LogP contribution in [0.4, 0.5) is 0 Å². The lowest BCUT2D eigenvalue weighted by atomic mass is 10.0. The van der Waals surface area contributed by atoms with Crippen molar-refractivity contribution in [1.29, 1.82) is 0 Å². The van der Waals surface area contributed by atoms with Crippen molar-refractivity contribution in [2.45, 2.75) is 19.4 Å². The first-order valence-electron chi connectivity index (χ1n) is 5.89. The first kappa shape index (κ1) is 15.3. The molecule has 100 valence electrons. The van der Waals surface area contributed by atoms with E-state index in [0.29, 0.717) is 16.5 Å². The number of nitrogens with two attached hydrogens (primary N) is 1. The number of benzene rings is 1. The van der Waals surface area contributed by atoms with Gasteiger partial charge in [-0.1, -0.05) is 23.7 Å². The van der Waals surface area contributed by atoms with Crippen LogP contribution in [0.5, 0.6) is 0 Å². The van der Waals surface area contributed by atoms with E-state index in [1.165, 1.54) is 0 Å². The van der Waals surface area contributed by atoms with Gasteiger partial charge in [-0.15, -0.1) is 12.4 Å². The molecule has 1 aliphatic heterocycles. The van der Waals surface area contributed by atoms with Gasteiger partial charge in [0.05, 0.1) is 10.6 Å². The Bertz CT molecular complexity index is 423. The van der Waals surface area contributed by atoms with E-state index >= 15 is 0 Å². The summed E-state index contributed by atoms with van der Waals surface area (Å²) in [4.78, 5) is 14.1. The molecule has 1 aromatic rings. The minimum absolute atomic E-state index is 0. The fourth-order valence-electron chi connectivity index (χ4n) is 2.21. The summed E-state index contributed by atoms with van der Waals surface area (Å²) < 4.78 is 0. The second-order valence-corrected chi connectivity index (χ2v) is 5.05. The van der Waals surface area contributed by atoms with Crippen molar-refractivity contribution in [3.8, 4) is 0 Å². The van der Waals surface area contributed by atoms with E-state index in [4.69, 9.17) is 17.3 Å². The molecule has 5 heteroatoms. The Morgan fingerprint density at radius 2 is 2.17 bits per heavy atom. The highest BCUT2D eigenvalue weighted by molar-refractivity contribution is 6.33. The number of hydrogen-bond donors (Lipinski definition) is 1. The summed E-state index contributed by atoms with van der Waals surface area (Å²) in [6.45, 7) is 3.51. The lowest BCUT2D eigenvalue weighted by Gasteiger charge is -2.18. The monoisotopic (exact) mass is 288 g/mol. The number of halogens is 2. The average Bonchev–Trinajstić information content (AvgIpc) is 2.78. The minimum Gasteiger partial charge on any atom is -0.338 e. The van der Waals surface area contributed by atoms with Gasteiger partial charge in [-0.3, -0.25) is 4.79 Å². The first-order valence-corrected chi connectivity index (χ1v) is 6.26. The molecular weight excluding hydrogens is 271 g/mol. The summed E-state index contributed by atoms with van der Waals surface area (Å²) in [5.74, 6) is 0.417. The van der Waals surface area contributed by atoms with Crippen molar-refractivity contribution in [3.63, 3.8) is 0 Å². The lowest BCUT2D eigenvalue weighted by Crippen LogP contribution is -2.33. The molecule has 0 aliphatic carbocycles. The molecule has 1 fully saturated rings. The van der Waals surface area contributed by atoms with Crippen molar-refractivity contribution in [1.82, 2.24) is 4.90 Å². The Morgan fingerprint density at radius 3 is 2.72 bits per heavy atom. The maximum atomic E-state index is 12.2. The van der Waals surface area contributed by atoms with Crippen LogP contribution in [0.3, 0.4) is 0 Å². The Morgan fingerprint density at radius 1 is 1.50 bits per heavy atom. The van der Waals surface area contributed by atoms with Crippen molar-refractivity contribution >= 4 is 29.9 Å². The second kappa shape index (κ2) is 6.41. The molecule has 3 nitrogen and oxygen atoms in total. The maximum absolute atomic E-state index is 12.2. The van der Waals surface area contributed by atoms with Gasteiger partial charge in [-0.2, -0.15) is 0 Å². The van der Waals surface area contributed by atoms with Crippen LogP contribution >= 0.6 is 24.0 Å². The Labute approximate surface area is 119 Å². The topological polar surface area (TPSA) is 46.3 Å². The van der Waals surface area contributed by atoms with E-state index < -0.39 is 0 Å².